The molecule has 5 heteroatoms. The fourth-order valence-electron chi connectivity index (χ4n) is 1.78. The molecule has 0 amide bonds. The molecule has 0 saturated heterocycles. The van der Waals surface area contributed by atoms with E-state index in [2.05, 4.69) is 30.9 Å². The van der Waals surface area contributed by atoms with Crippen LogP contribution in [0.25, 0.3) is 22.3 Å². The highest BCUT2D eigenvalue weighted by atomic mass is 79.9. The Labute approximate surface area is 111 Å². The first-order valence-corrected chi connectivity index (χ1v) is 6.17. The summed E-state index contributed by atoms with van der Waals surface area (Å²) in [7, 11) is 0. The SMILES string of the molecule is Clc1ccccc1-c1ncnc2[nH]cc(Br)c12. The van der Waals surface area contributed by atoms with Crippen molar-refractivity contribution in [2.75, 3.05) is 0 Å². The highest BCUT2D eigenvalue weighted by Gasteiger charge is 2.12. The average Bonchev–Trinajstić information content (AvgIpc) is 2.72. The maximum absolute atomic E-state index is 6.19. The second-order valence-electron chi connectivity index (χ2n) is 3.56. The van der Waals surface area contributed by atoms with Crippen LogP contribution in [0.15, 0.2) is 41.3 Å². The van der Waals surface area contributed by atoms with Crippen molar-refractivity contribution in [3.8, 4) is 11.3 Å². The maximum Gasteiger partial charge on any atom is 0.142 e. The van der Waals surface area contributed by atoms with Crippen LogP contribution in [0.2, 0.25) is 5.02 Å². The lowest BCUT2D eigenvalue weighted by Gasteiger charge is -2.04. The van der Waals surface area contributed by atoms with E-state index in [0.717, 1.165) is 26.8 Å². The molecule has 0 fully saturated rings. The smallest absolute Gasteiger partial charge is 0.142 e. The van der Waals surface area contributed by atoms with Crippen LogP contribution >= 0.6 is 27.5 Å². The highest BCUT2D eigenvalue weighted by Crippen LogP contribution is 2.34. The number of benzene rings is 1. The highest BCUT2D eigenvalue weighted by molar-refractivity contribution is 9.10. The number of aromatic nitrogens is 3. The molecule has 17 heavy (non-hydrogen) atoms. The van der Waals surface area contributed by atoms with Gasteiger partial charge in [-0.05, 0) is 22.0 Å². The normalized spacial score (nSPS) is 10.9. The standard InChI is InChI=1S/C12H7BrClN3/c13-8-5-15-12-10(8)11(16-6-17-12)7-3-1-2-4-9(7)14/h1-6H,(H,15,16,17). The van der Waals surface area contributed by atoms with Crippen molar-refractivity contribution >= 4 is 38.6 Å². The lowest BCUT2D eigenvalue weighted by atomic mass is 10.1. The summed E-state index contributed by atoms with van der Waals surface area (Å²) in [5, 5.41) is 1.63. The van der Waals surface area contributed by atoms with Crippen LogP contribution in [0, 0.1) is 0 Å². The van der Waals surface area contributed by atoms with Crippen molar-refractivity contribution in [1.29, 1.82) is 0 Å². The Morgan fingerprint density at radius 3 is 2.82 bits per heavy atom. The molecule has 0 aliphatic rings. The number of halogens is 2. The molecule has 2 aromatic heterocycles. The van der Waals surface area contributed by atoms with Gasteiger partial charge >= 0.3 is 0 Å². The number of fused-ring (bicyclic) bond motifs is 1. The molecule has 0 aliphatic carbocycles. The third kappa shape index (κ3) is 1.73. The van der Waals surface area contributed by atoms with Gasteiger partial charge in [-0.15, -0.1) is 0 Å². The van der Waals surface area contributed by atoms with Gasteiger partial charge in [0.1, 0.15) is 12.0 Å². The van der Waals surface area contributed by atoms with Crippen LogP contribution in [0.4, 0.5) is 0 Å². The van der Waals surface area contributed by atoms with Gasteiger partial charge in [0.05, 0.1) is 11.1 Å². The zero-order valence-electron chi connectivity index (χ0n) is 8.61. The Balaban J connectivity index is 2.38. The molecule has 3 rings (SSSR count). The van der Waals surface area contributed by atoms with E-state index in [0.29, 0.717) is 5.02 Å². The first-order valence-electron chi connectivity index (χ1n) is 5.00. The van der Waals surface area contributed by atoms with E-state index in [1.165, 1.54) is 6.33 Å². The molecule has 0 bridgehead atoms. The zero-order valence-corrected chi connectivity index (χ0v) is 11.0. The van der Waals surface area contributed by atoms with E-state index >= 15 is 0 Å². The Kier molecular flexibility index (Phi) is 2.61. The number of rotatable bonds is 1. The zero-order chi connectivity index (χ0) is 11.8. The molecule has 0 spiro atoms. The number of H-pyrrole nitrogens is 1. The third-order valence-electron chi connectivity index (χ3n) is 2.55. The minimum atomic E-state index is 0.681. The van der Waals surface area contributed by atoms with Crippen LogP contribution in [0.5, 0.6) is 0 Å². The van der Waals surface area contributed by atoms with Gasteiger partial charge in [0.25, 0.3) is 0 Å². The summed E-state index contributed by atoms with van der Waals surface area (Å²) >= 11 is 9.68. The average molecular weight is 309 g/mol. The predicted octanol–water partition coefficient (Wildman–Crippen LogP) is 4.04. The van der Waals surface area contributed by atoms with E-state index in [9.17, 15) is 0 Å². The fourth-order valence-corrected chi connectivity index (χ4v) is 2.50. The fraction of sp³-hybridized carbons (Fsp3) is 0. The Bertz CT molecular complexity index is 693. The maximum atomic E-state index is 6.19. The van der Waals surface area contributed by atoms with Gasteiger partial charge in [-0.2, -0.15) is 0 Å². The molecule has 84 valence electrons. The second-order valence-corrected chi connectivity index (χ2v) is 4.82. The number of nitrogens with one attached hydrogen (secondary N) is 1. The van der Waals surface area contributed by atoms with Gasteiger partial charge in [-0.25, -0.2) is 9.97 Å². The topological polar surface area (TPSA) is 41.6 Å². The summed E-state index contributed by atoms with van der Waals surface area (Å²) in [6.45, 7) is 0. The van der Waals surface area contributed by atoms with E-state index < -0.39 is 0 Å². The summed E-state index contributed by atoms with van der Waals surface area (Å²) in [5.74, 6) is 0. The molecule has 1 N–H and O–H groups in total. The molecule has 2 heterocycles. The lowest BCUT2D eigenvalue weighted by molar-refractivity contribution is 1.20. The number of nitrogens with zero attached hydrogens (tertiary/aromatic N) is 2. The number of aromatic amines is 1. The van der Waals surface area contributed by atoms with Gasteiger partial charge < -0.3 is 4.98 Å². The molecule has 0 saturated carbocycles. The monoisotopic (exact) mass is 307 g/mol. The molecule has 3 aromatic rings. The largest absolute Gasteiger partial charge is 0.345 e. The Morgan fingerprint density at radius 1 is 1.18 bits per heavy atom. The van der Waals surface area contributed by atoms with Crippen molar-refractivity contribution in [3.05, 3.63) is 46.3 Å². The van der Waals surface area contributed by atoms with Crippen LogP contribution in [0.1, 0.15) is 0 Å². The van der Waals surface area contributed by atoms with Crippen molar-refractivity contribution in [2.45, 2.75) is 0 Å². The Morgan fingerprint density at radius 2 is 2.00 bits per heavy atom. The van der Waals surface area contributed by atoms with Crippen molar-refractivity contribution in [1.82, 2.24) is 15.0 Å². The van der Waals surface area contributed by atoms with Crippen LogP contribution in [-0.2, 0) is 0 Å². The van der Waals surface area contributed by atoms with Gasteiger partial charge in [0.2, 0.25) is 0 Å². The van der Waals surface area contributed by atoms with E-state index in [-0.39, 0.29) is 0 Å². The van der Waals surface area contributed by atoms with Gasteiger partial charge in [0.15, 0.2) is 0 Å². The van der Waals surface area contributed by atoms with Crippen LogP contribution in [-0.4, -0.2) is 15.0 Å². The molecular formula is C12H7BrClN3. The molecule has 1 aromatic carbocycles. The minimum absolute atomic E-state index is 0.681. The first-order chi connectivity index (χ1) is 8.27. The van der Waals surface area contributed by atoms with Crippen LogP contribution < -0.4 is 0 Å². The Hall–Kier alpha value is -1.39. The number of hydrogen-bond donors (Lipinski definition) is 1. The second kappa shape index (κ2) is 4.13. The van der Waals surface area contributed by atoms with Gasteiger partial charge in [-0.3, -0.25) is 0 Å². The van der Waals surface area contributed by atoms with Crippen LogP contribution in [0.3, 0.4) is 0 Å². The third-order valence-corrected chi connectivity index (χ3v) is 3.51. The molecule has 0 radical (unpaired) electrons. The molecule has 0 atom stereocenters. The molecular weight excluding hydrogens is 302 g/mol. The van der Waals surface area contributed by atoms with Gasteiger partial charge in [0, 0.05) is 21.3 Å². The summed E-state index contributed by atoms with van der Waals surface area (Å²) in [6.07, 6.45) is 3.38. The summed E-state index contributed by atoms with van der Waals surface area (Å²) in [6, 6.07) is 7.64. The summed E-state index contributed by atoms with van der Waals surface area (Å²) < 4.78 is 0.933. The summed E-state index contributed by atoms with van der Waals surface area (Å²) in [4.78, 5) is 11.6. The summed E-state index contributed by atoms with van der Waals surface area (Å²) in [5.41, 5.74) is 2.53. The quantitative estimate of drug-likeness (QED) is 0.737. The minimum Gasteiger partial charge on any atom is -0.345 e. The van der Waals surface area contributed by atoms with Crippen molar-refractivity contribution < 1.29 is 0 Å². The van der Waals surface area contributed by atoms with Gasteiger partial charge in [-0.1, -0.05) is 29.8 Å². The van der Waals surface area contributed by atoms with E-state index in [1.807, 2.05) is 30.5 Å². The number of hydrogen-bond acceptors (Lipinski definition) is 2. The van der Waals surface area contributed by atoms with E-state index in [1.54, 1.807) is 0 Å². The first kappa shape index (κ1) is 10.7. The molecule has 3 nitrogen and oxygen atoms in total. The molecule has 0 aliphatic heterocycles. The van der Waals surface area contributed by atoms with Crippen molar-refractivity contribution in [2.24, 2.45) is 0 Å². The molecule has 0 unspecified atom stereocenters. The predicted molar refractivity (Wildman–Crippen MR) is 72.0 cm³/mol. The van der Waals surface area contributed by atoms with Crippen molar-refractivity contribution in [3.63, 3.8) is 0 Å². The lowest BCUT2D eigenvalue weighted by Crippen LogP contribution is -1.88. The van der Waals surface area contributed by atoms with E-state index in [4.69, 9.17) is 11.6 Å².